The summed E-state index contributed by atoms with van der Waals surface area (Å²) < 4.78 is 10.3. The largest absolute Gasteiger partial charge is 0.372 e. The van der Waals surface area contributed by atoms with Gasteiger partial charge < -0.3 is 14.8 Å². The lowest BCUT2D eigenvalue weighted by atomic mass is 10.0. The van der Waals surface area contributed by atoms with Crippen molar-refractivity contribution in [1.29, 1.82) is 0 Å². The number of hydrogen-bond acceptors (Lipinski definition) is 6. The highest BCUT2D eigenvalue weighted by molar-refractivity contribution is 6.30. The van der Waals surface area contributed by atoms with Gasteiger partial charge in [-0.05, 0) is 38.0 Å². The van der Waals surface area contributed by atoms with Crippen LogP contribution < -0.4 is 10.6 Å². The van der Waals surface area contributed by atoms with Crippen LogP contribution in [0.1, 0.15) is 26.5 Å². The highest BCUT2D eigenvalue weighted by Gasteiger charge is 2.18. The molecule has 1 aromatic heterocycles. The van der Waals surface area contributed by atoms with E-state index in [1.165, 1.54) is 0 Å². The molecule has 0 aliphatic heterocycles. The van der Waals surface area contributed by atoms with E-state index in [-0.39, 0.29) is 36.8 Å². The van der Waals surface area contributed by atoms with Crippen molar-refractivity contribution in [2.75, 3.05) is 37.1 Å². The van der Waals surface area contributed by atoms with Gasteiger partial charge in [0, 0.05) is 23.8 Å². The van der Waals surface area contributed by atoms with Crippen LogP contribution in [0.3, 0.4) is 0 Å². The van der Waals surface area contributed by atoms with E-state index in [9.17, 15) is 9.59 Å². The van der Waals surface area contributed by atoms with Crippen LogP contribution in [0.15, 0.2) is 24.3 Å². The van der Waals surface area contributed by atoms with Crippen LogP contribution in [-0.2, 0) is 25.5 Å². The lowest BCUT2D eigenvalue weighted by Crippen LogP contribution is -2.23. The summed E-state index contributed by atoms with van der Waals surface area (Å²) in [6, 6.07) is 7.15. The van der Waals surface area contributed by atoms with Crippen LogP contribution >= 0.6 is 11.6 Å². The summed E-state index contributed by atoms with van der Waals surface area (Å²) >= 11 is 6.00. The maximum absolute atomic E-state index is 12.3. The molecule has 2 amide bonds. The third-order valence-corrected chi connectivity index (χ3v) is 4.09. The molecule has 0 fully saturated rings. The average Bonchev–Trinajstić information content (AvgIpc) is 2.71. The van der Waals surface area contributed by atoms with Gasteiger partial charge in [-0.15, -0.1) is 0 Å². The molecule has 0 bridgehead atoms. The van der Waals surface area contributed by atoms with E-state index >= 15 is 0 Å². The Bertz CT molecular complexity index is 843. The summed E-state index contributed by atoms with van der Waals surface area (Å²) in [7, 11) is 0. The van der Waals surface area contributed by atoms with Crippen molar-refractivity contribution in [3.8, 4) is 11.1 Å². The minimum atomic E-state index is -0.375. The molecule has 0 aliphatic carbocycles. The number of anilines is 2. The van der Waals surface area contributed by atoms with Gasteiger partial charge in [0.25, 0.3) is 11.8 Å². The lowest BCUT2D eigenvalue weighted by molar-refractivity contribution is -0.121. The SMILES string of the molecule is CCOCC(=O)Nc1nc(CC)c(-c2ccc(Cl)cc2)c(NC(=O)COCC)n1. The van der Waals surface area contributed by atoms with Crippen molar-refractivity contribution in [2.45, 2.75) is 27.2 Å². The first kappa shape index (κ1) is 22.7. The van der Waals surface area contributed by atoms with Crippen LogP contribution in [-0.4, -0.2) is 48.2 Å². The Morgan fingerprint density at radius 1 is 0.931 bits per heavy atom. The maximum Gasteiger partial charge on any atom is 0.252 e. The number of nitrogens with one attached hydrogen (secondary N) is 2. The fraction of sp³-hybridized carbons (Fsp3) is 0.400. The summed E-state index contributed by atoms with van der Waals surface area (Å²) in [5.41, 5.74) is 2.13. The van der Waals surface area contributed by atoms with Crippen LogP contribution in [0.5, 0.6) is 0 Å². The molecule has 1 aromatic carbocycles. The van der Waals surface area contributed by atoms with Crippen molar-refractivity contribution < 1.29 is 19.1 Å². The molecule has 156 valence electrons. The smallest absolute Gasteiger partial charge is 0.252 e. The molecule has 0 saturated heterocycles. The second-order valence-corrected chi connectivity index (χ2v) is 6.39. The van der Waals surface area contributed by atoms with Gasteiger partial charge in [-0.1, -0.05) is 30.7 Å². The number of hydrogen-bond donors (Lipinski definition) is 2. The summed E-state index contributed by atoms with van der Waals surface area (Å²) in [6.07, 6.45) is 0.559. The fourth-order valence-corrected chi connectivity index (χ4v) is 2.67. The van der Waals surface area contributed by atoms with Gasteiger partial charge in [0.05, 0.1) is 5.69 Å². The van der Waals surface area contributed by atoms with E-state index in [1.807, 2.05) is 19.1 Å². The second kappa shape index (κ2) is 11.5. The Hall–Kier alpha value is -2.55. The van der Waals surface area contributed by atoms with Gasteiger partial charge in [-0.25, -0.2) is 4.98 Å². The third-order valence-electron chi connectivity index (χ3n) is 3.84. The molecular weight excluding hydrogens is 396 g/mol. The quantitative estimate of drug-likeness (QED) is 0.611. The molecule has 1 heterocycles. The predicted molar refractivity (Wildman–Crippen MR) is 112 cm³/mol. The minimum Gasteiger partial charge on any atom is -0.372 e. The maximum atomic E-state index is 12.3. The first-order chi connectivity index (χ1) is 14.0. The lowest BCUT2D eigenvalue weighted by Gasteiger charge is -2.16. The van der Waals surface area contributed by atoms with Crippen molar-refractivity contribution in [3.63, 3.8) is 0 Å². The summed E-state index contributed by atoms with van der Waals surface area (Å²) in [4.78, 5) is 33.1. The molecule has 0 atom stereocenters. The van der Waals surface area contributed by atoms with Gasteiger partial charge in [0.1, 0.15) is 19.0 Å². The highest BCUT2D eigenvalue weighted by atomic mass is 35.5. The molecule has 0 radical (unpaired) electrons. The molecule has 0 spiro atoms. The molecule has 0 unspecified atom stereocenters. The molecule has 0 aliphatic rings. The van der Waals surface area contributed by atoms with E-state index in [0.717, 1.165) is 5.56 Å². The van der Waals surface area contributed by atoms with Gasteiger partial charge in [-0.2, -0.15) is 4.98 Å². The number of rotatable bonds is 10. The van der Waals surface area contributed by atoms with Crippen molar-refractivity contribution in [1.82, 2.24) is 9.97 Å². The number of amides is 2. The Morgan fingerprint density at radius 3 is 2.07 bits per heavy atom. The number of nitrogens with zero attached hydrogens (tertiary/aromatic N) is 2. The summed E-state index contributed by atoms with van der Waals surface area (Å²) in [5, 5.41) is 5.96. The number of aromatic nitrogens is 2. The number of aryl methyl sites for hydroxylation is 1. The summed E-state index contributed by atoms with van der Waals surface area (Å²) in [6.45, 7) is 6.16. The number of carbonyl (C=O) groups is 2. The Balaban J connectivity index is 2.44. The zero-order chi connectivity index (χ0) is 21.2. The predicted octanol–water partition coefficient (Wildman–Crippen LogP) is 3.31. The molecule has 2 rings (SSSR count). The van der Waals surface area contributed by atoms with E-state index in [0.29, 0.717) is 35.9 Å². The Morgan fingerprint density at radius 2 is 1.52 bits per heavy atom. The average molecular weight is 421 g/mol. The van der Waals surface area contributed by atoms with Gasteiger partial charge in [0.15, 0.2) is 0 Å². The summed E-state index contributed by atoms with van der Waals surface area (Å²) in [5.74, 6) is -0.347. The standard InChI is InChI=1S/C20H25ClN4O4/c1-4-15-18(13-7-9-14(21)10-8-13)19(23-16(26)11-28-5-2)25-20(22-15)24-17(27)12-29-6-3/h7-10H,4-6,11-12H2,1-3H3,(H2,22,23,24,25,26,27). The second-order valence-electron chi connectivity index (χ2n) is 5.95. The van der Waals surface area contributed by atoms with Crippen LogP contribution in [0.2, 0.25) is 5.02 Å². The van der Waals surface area contributed by atoms with Gasteiger partial charge >= 0.3 is 0 Å². The molecule has 9 heteroatoms. The molecule has 8 nitrogen and oxygen atoms in total. The Labute approximate surface area is 175 Å². The highest BCUT2D eigenvalue weighted by Crippen LogP contribution is 2.32. The number of benzene rings is 1. The van der Waals surface area contributed by atoms with Crippen LogP contribution in [0, 0.1) is 0 Å². The molecule has 29 heavy (non-hydrogen) atoms. The first-order valence-corrected chi connectivity index (χ1v) is 9.78. The molecular formula is C20H25ClN4O4. The minimum absolute atomic E-state index is 0.0935. The monoisotopic (exact) mass is 420 g/mol. The number of ether oxygens (including phenoxy) is 2. The zero-order valence-corrected chi connectivity index (χ0v) is 17.5. The van der Waals surface area contributed by atoms with E-state index in [4.69, 9.17) is 21.1 Å². The van der Waals surface area contributed by atoms with Crippen molar-refractivity contribution in [2.24, 2.45) is 0 Å². The van der Waals surface area contributed by atoms with Crippen molar-refractivity contribution in [3.05, 3.63) is 35.0 Å². The van der Waals surface area contributed by atoms with E-state index < -0.39 is 0 Å². The van der Waals surface area contributed by atoms with Crippen molar-refractivity contribution >= 4 is 35.2 Å². The number of carbonyl (C=O) groups excluding carboxylic acids is 2. The fourth-order valence-electron chi connectivity index (χ4n) is 2.55. The van der Waals surface area contributed by atoms with Crippen LogP contribution in [0.4, 0.5) is 11.8 Å². The molecule has 0 saturated carbocycles. The van der Waals surface area contributed by atoms with Gasteiger partial charge in [-0.3, -0.25) is 14.9 Å². The molecule has 2 aromatic rings. The third kappa shape index (κ3) is 6.77. The Kier molecular flexibility index (Phi) is 8.98. The molecule has 2 N–H and O–H groups in total. The van der Waals surface area contributed by atoms with E-state index in [2.05, 4.69) is 20.6 Å². The van der Waals surface area contributed by atoms with Crippen LogP contribution in [0.25, 0.3) is 11.1 Å². The normalized spacial score (nSPS) is 10.6. The van der Waals surface area contributed by atoms with E-state index in [1.54, 1.807) is 26.0 Å². The topological polar surface area (TPSA) is 102 Å². The van der Waals surface area contributed by atoms with Gasteiger partial charge in [0.2, 0.25) is 5.95 Å². The number of halogens is 1. The first-order valence-electron chi connectivity index (χ1n) is 9.40. The zero-order valence-electron chi connectivity index (χ0n) is 16.8.